The number of benzene rings is 2. The molecule has 0 spiro atoms. The molecule has 0 saturated carbocycles. The lowest BCUT2D eigenvalue weighted by Gasteiger charge is -2.23. The van der Waals surface area contributed by atoms with Crippen LogP contribution in [0.2, 0.25) is 0 Å². The zero-order valence-corrected chi connectivity index (χ0v) is 19.4. The van der Waals surface area contributed by atoms with E-state index in [1.54, 1.807) is 7.11 Å². The summed E-state index contributed by atoms with van der Waals surface area (Å²) >= 11 is 0. The van der Waals surface area contributed by atoms with Crippen molar-refractivity contribution in [3.05, 3.63) is 89.2 Å². The monoisotopic (exact) mass is 434 g/mol. The summed E-state index contributed by atoms with van der Waals surface area (Å²) in [5.41, 5.74) is 4.23. The number of hydrogen-bond acceptors (Lipinski definition) is 3. The van der Waals surface area contributed by atoms with E-state index < -0.39 is 0 Å². The van der Waals surface area contributed by atoms with E-state index in [4.69, 9.17) is 9.47 Å². The first-order valence-electron chi connectivity index (χ1n) is 11.3. The summed E-state index contributed by atoms with van der Waals surface area (Å²) in [6.45, 7) is 7.24. The highest BCUT2D eigenvalue weighted by atomic mass is 16.5. The van der Waals surface area contributed by atoms with Crippen LogP contribution in [0.5, 0.6) is 5.75 Å². The van der Waals surface area contributed by atoms with E-state index in [9.17, 15) is 4.79 Å². The zero-order chi connectivity index (χ0) is 22.8. The van der Waals surface area contributed by atoms with Crippen molar-refractivity contribution in [1.29, 1.82) is 0 Å². The Hall–Kier alpha value is -3.05. The Morgan fingerprint density at radius 3 is 2.44 bits per heavy atom. The van der Waals surface area contributed by atoms with Gasteiger partial charge in [0.05, 0.1) is 19.8 Å². The number of ether oxygens (including phenoxy) is 2. The second kappa shape index (κ2) is 12.1. The lowest BCUT2D eigenvalue weighted by Crippen LogP contribution is -2.34. The van der Waals surface area contributed by atoms with E-state index in [0.717, 1.165) is 30.8 Å². The van der Waals surface area contributed by atoms with Crippen molar-refractivity contribution in [2.24, 2.45) is 0 Å². The van der Waals surface area contributed by atoms with Gasteiger partial charge in [0.25, 0.3) is 5.91 Å². The van der Waals surface area contributed by atoms with Crippen LogP contribution in [0.4, 0.5) is 0 Å². The predicted molar refractivity (Wildman–Crippen MR) is 128 cm³/mol. The first kappa shape index (κ1) is 23.6. The molecule has 0 saturated heterocycles. The molecule has 0 atom stereocenters. The van der Waals surface area contributed by atoms with Crippen LogP contribution in [0, 0.1) is 6.92 Å². The van der Waals surface area contributed by atoms with E-state index in [1.807, 2.05) is 35.2 Å². The fraction of sp³-hybridized carbons (Fsp3) is 0.370. The molecule has 0 radical (unpaired) electrons. The van der Waals surface area contributed by atoms with Gasteiger partial charge in [0.2, 0.25) is 0 Å². The molecule has 32 heavy (non-hydrogen) atoms. The molecular formula is C27H34N2O3. The number of carbonyl (C=O) groups excluding carboxylic acids is 1. The summed E-state index contributed by atoms with van der Waals surface area (Å²) in [4.78, 5) is 15.1. The Kier molecular flexibility index (Phi) is 8.93. The normalized spacial score (nSPS) is 10.8. The van der Waals surface area contributed by atoms with Crippen molar-refractivity contribution in [2.75, 3.05) is 26.9 Å². The number of methoxy groups -OCH3 is 1. The van der Waals surface area contributed by atoms with Crippen molar-refractivity contribution < 1.29 is 14.3 Å². The van der Waals surface area contributed by atoms with Gasteiger partial charge in [-0.05, 0) is 55.3 Å². The number of aromatic nitrogens is 1. The molecule has 0 N–H and O–H groups in total. The Morgan fingerprint density at radius 2 is 1.75 bits per heavy atom. The van der Waals surface area contributed by atoms with Crippen molar-refractivity contribution >= 4 is 5.91 Å². The Morgan fingerprint density at radius 1 is 1.00 bits per heavy atom. The SMILES string of the molecule is CCCCOc1ccc(C(=O)N(CCOC)Cc2cccn2Cc2ccc(C)cc2)cc1. The first-order valence-corrected chi connectivity index (χ1v) is 11.3. The van der Waals surface area contributed by atoms with Crippen LogP contribution in [0.1, 0.15) is 46.9 Å². The van der Waals surface area contributed by atoms with Crippen LogP contribution in [0.3, 0.4) is 0 Å². The largest absolute Gasteiger partial charge is 0.494 e. The van der Waals surface area contributed by atoms with Crippen LogP contribution in [-0.2, 0) is 17.8 Å². The van der Waals surface area contributed by atoms with Gasteiger partial charge in [0.1, 0.15) is 5.75 Å². The number of carbonyl (C=O) groups is 1. The first-order chi connectivity index (χ1) is 15.6. The maximum atomic E-state index is 13.3. The predicted octanol–water partition coefficient (Wildman–Crippen LogP) is 5.31. The molecular weight excluding hydrogens is 400 g/mol. The zero-order valence-electron chi connectivity index (χ0n) is 19.4. The van der Waals surface area contributed by atoms with Gasteiger partial charge >= 0.3 is 0 Å². The average Bonchev–Trinajstić information content (AvgIpc) is 3.24. The highest BCUT2D eigenvalue weighted by Gasteiger charge is 2.18. The molecule has 1 amide bonds. The number of amides is 1. The fourth-order valence-corrected chi connectivity index (χ4v) is 3.50. The van der Waals surface area contributed by atoms with Crippen molar-refractivity contribution in [1.82, 2.24) is 9.47 Å². The molecule has 1 aromatic heterocycles. The smallest absolute Gasteiger partial charge is 0.254 e. The van der Waals surface area contributed by atoms with Crippen LogP contribution in [-0.4, -0.2) is 42.2 Å². The minimum atomic E-state index is -0.00903. The average molecular weight is 435 g/mol. The topological polar surface area (TPSA) is 43.7 Å². The quantitative estimate of drug-likeness (QED) is 0.363. The molecule has 0 aliphatic heterocycles. The minimum absolute atomic E-state index is 0.00903. The molecule has 0 bridgehead atoms. The van der Waals surface area contributed by atoms with E-state index in [0.29, 0.717) is 31.9 Å². The highest BCUT2D eigenvalue weighted by Crippen LogP contribution is 2.17. The van der Waals surface area contributed by atoms with Crippen molar-refractivity contribution in [2.45, 2.75) is 39.8 Å². The van der Waals surface area contributed by atoms with Gasteiger partial charge in [-0.15, -0.1) is 0 Å². The van der Waals surface area contributed by atoms with Gasteiger partial charge in [-0.1, -0.05) is 43.2 Å². The molecule has 5 heteroatoms. The van der Waals surface area contributed by atoms with Gasteiger partial charge in [-0.2, -0.15) is 0 Å². The van der Waals surface area contributed by atoms with Gasteiger partial charge < -0.3 is 18.9 Å². The van der Waals surface area contributed by atoms with Gasteiger partial charge in [-0.25, -0.2) is 0 Å². The third kappa shape index (κ3) is 6.72. The van der Waals surface area contributed by atoms with Gasteiger partial charge in [0.15, 0.2) is 0 Å². The van der Waals surface area contributed by atoms with E-state index in [2.05, 4.69) is 54.9 Å². The maximum absolute atomic E-state index is 13.3. The minimum Gasteiger partial charge on any atom is -0.494 e. The molecule has 3 aromatic rings. The number of hydrogen-bond donors (Lipinski definition) is 0. The van der Waals surface area contributed by atoms with Crippen LogP contribution < -0.4 is 4.74 Å². The summed E-state index contributed by atoms with van der Waals surface area (Å²) < 4.78 is 13.2. The fourth-order valence-electron chi connectivity index (χ4n) is 3.50. The maximum Gasteiger partial charge on any atom is 0.254 e. The molecule has 0 aliphatic rings. The second-order valence-electron chi connectivity index (χ2n) is 8.06. The highest BCUT2D eigenvalue weighted by molar-refractivity contribution is 5.94. The molecule has 170 valence electrons. The molecule has 0 fully saturated rings. The lowest BCUT2D eigenvalue weighted by atomic mass is 10.1. The molecule has 1 heterocycles. The summed E-state index contributed by atoms with van der Waals surface area (Å²) in [6.07, 6.45) is 4.18. The number of unbranched alkanes of at least 4 members (excludes halogenated alkanes) is 1. The molecule has 0 aliphatic carbocycles. The van der Waals surface area contributed by atoms with E-state index in [-0.39, 0.29) is 5.91 Å². The van der Waals surface area contributed by atoms with Crippen molar-refractivity contribution in [3.63, 3.8) is 0 Å². The number of aryl methyl sites for hydroxylation is 1. The van der Waals surface area contributed by atoms with E-state index >= 15 is 0 Å². The molecule has 5 nitrogen and oxygen atoms in total. The second-order valence-corrected chi connectivity index (χ2v) is 8.06. The third-order valence-electron chi connectivity index (χ3n) is 5.47. The molecule has 3 rings (SSSR count). The molecule has 2 aromatic carbocycles. The Balaban J connectivity index is 1.71. The van der Waals surface area contributed by atoms with E-state index in [1.165, 1.54) is 11.1 Å². The summed E-state index contributed by atoms with van der Waals surface area (Å²) in [6, 6.07) is 20.1. The van der Waals surface area contributed by atoms with Gasteiger partial charge in [-0.3, -0.25) is 4.79 Å². The molecule has 0 unspecified atom stereocenters. The Labute approximate surface area is 191 Å². The van der Waals surface area contributed by atoms with Crippen LogP contribution in [0.25, 0.3) is 0 Å². The van der Waals surface area contributed by atoms with Crippen LogP contribution in [0.15, 0.2) is 66.9 Å². The standard InChI is InChI=1S/C27H34N2O3/c1-4-5-18-32-26-14-12-24(13-15-26)27(30)29(17-19-31-3)21-25-7-6-16-28(25)20-23-10-8-22(2)9-11-23/h6-16H,4-5,17-21H2,1-3H3. The lowest BCUT2D eigenvalue weighted by molar-refractivity contribution is 0.0676. The van der Waals surface area contributed by atoms with Crippen molar-refractivity contribution in [3.8, 4) is 5.75 Å². The number of nitrogens with zero attached hydrogens (tertiary/aromatic N) is 2. The Bertz CT molecular complexity index is 961. The van der Waals surface area contributed by atoms with Crippen LogP contribution >= 0.6 is 0 Å². The summed E-state index contributed by atoms with van der Waals surface area (Å²) in [7, 11) is 1.66. The third-order valence-corrected chi connectivity index (χ3v) is 5.47. The number of rotatable bonds is 12. The van der Waals surface area contributed by atoms with Gasteiger partial charge in [0, 0.05) is 37.7 Å². The summed E-state index contributed by atoms with van der Waals surface area (Å²) in [5, 5.41) is 0. The summed E-state index contributed by atoms with van der Waals surface area (Å²) in [5.74, 6) is 0.788.